The average Bonchev–Trinajstić information content (AvgIpc) is 3.48. The summed E-state index contributed by atoms with van der Waals surface area (Å²) in [6, 6.07) is 0. The van der Waals surface area contributed by atoms with Crippen LogP contribution in [0.1, 0.15) is 66.2 Å². The van der Waals surface area contributed by atoms with E-state index in [9.17, 15) is 24.9 Å². The van der Waals surface area contributed by atoms with Crippen molar-refractivity contribution < 1.29 is 34.4 Å². The molecule has 2 heterocycles. The number of ether oxygens (including phenoxy) is 2. The van der Waals surface area contributed by atoms with Gasteiger partial charge in [0.05, 0.1) is 29.3 Å². The maximum atomic E-state index is 13.3. The van der Waals surface area contributed by atoms with E-state index in [0.717, 1.165) is 24.8 Å². The number of ketones is 1. The molecular formula is C28H38O7. The van der Waals surface area contributed by atoms with E-state index in [1.54, 1.807) is 6.08 Å². The Balaban J connectivity index is 1.31. The largest absolute Gasteiger partial charge is 0.458 e. The zero-order valence-electron chi connectivity index (χ0n) is 21.1. The number of fused-ring (bicyclic) bond motifs is 4. The van der Waals surface area contributed by atoms with E-state index in [1.165, 1.54) is 6.08 Å². The van der Waals surface area contributed by atoms with Gasteiger partial charge in [-0.25, -0.2) is 4.79 Å². The zero-order chi connectivity index (χ0) is 25.1. The summed E-state index contributed by atoms with van der Waals surface area (Å²) in [6.45, 7) is 7.86. The van der Waals surface area contributed by atoms with Gasteiger partial charge < -0.3 is 24.8 Å². The van der Waals surface area contributed by atoms with Crippen molar-refractivity contribution in [2.75, 3.05) is 6.61 Å². The Hall–Kier alpha value is -1.54. The van der Waals surface area contributed by atoms with Gasteiger partial charge in [-0.2, -0.15) is 0 Å². The summed E-state index contributed by atoms with van der Waals surface area (Å²) >= 11 is 0. The molecule has 11 unspecified atom stereocenters. The minimum absolute atomic E-state index is 0.00573. The minimum atomic E-state index is -0.942. The van der Waals surface area contributed by atoms with Crippen molar-refractivity contribution in [2.45, 2.75) is 95.7 Å². The standard InChI is InChI=1S/C28H38O7/c1-14-11-20(34-24(32)16(14)13-29)15(2)17-8-10-27(33)19-12-23-28(35-23)22(31)6-5-21(30)26(28,4)18(19)7-9-25(17,27)3/h5-6,15,17-20,22-23,29,31,33H,7-13H2,1-4H3. The molecule has 3 N–H and O–H groups in total. The summed E-state index contributed by atoms with van der Waals surface area (Å²) in [7, 11) is 0. The monoisotopic (exact) mass is 486 g/mol. The van der Waals surface area contributed by atoms with Gasteiger partial charge in [-0.15, -0.1) is 0 Å². The highest BCUT2D eigenvalue weighted by molar-refractivity contribution is 5.98. The topological polar surface area (TPSA) is 117 Å². The molecule has 35 heavy (non-hydrogen) atoms. The molecule has 192 valence electrons. The molecule has 1 spiro atoms. The van der Waals surface area contributed by atoms with Crippen molar-refractivity contribution in [3.8, 4) is 0 Å². The summed E-state index contributed by atoms with van der Waals surface area (Å²) in [5, 5.41) is 32.8. The minimum Gasteiger partial charge on any atom is -0.458 e. The summed E-state index contributed by atoms with van der Waals surface area (Å²) < 4.78 is 12.0. The first-order valence-electron chi connectivity index (χ1n) is 13.3. The highest BCUT2D eigenvalue weighted by Crippen LogP contribution is 2.74. The second-order valence-electron chi connectivity index (χ2n) is 12.7. The number of aliphatic hydroxyl groups excluding tert-OH is 2. The fourth-order valence-electron chi connectivity index (χ4n) is 9.63. The Morgan fingerprint density at radius 2 is 1.91 bits per heavy atom. The van der Waals surface area contributed by atoms with Crippen LogP contribution in [0.15, 0.2) is 23.3 Å². The van der Waals surface area contributed by atoms with E-state index in [4.69, 9.17) is 9.47 Å². The molecule has 11 atom stereocenters. The van der Waals surface area contributed by atoms with Crippen molar-refractivity contribution >= 4 is 11.8 Å². The van der Waals surface area contributed by atoms with Crippen LogP contribution >= 0.6 is 0 Å². The van der Waals surface area contributed by atoms with Crippen molar-refractivity contribution in [2.24, 2.45) is 34.5 Å². The molecule has 6 rings (SSSR count). The number of epoxide rings is 1. The molecule has 0 radical (unpaired) electrons. The highest BCUT2D eigenvalue weighted by Gasteiger charge is 2.82. The molecule has 0 aromatic carbocycles. The molecule has 0 amide bonds. The maximum Gasteiger partial charge on any atom is 0.336 e. The molecule has 6 aliphatic rings. The van der Waals surface area contributed by atoms with Gasteiger partial charge in [0.2, 0.25) is 0 Å². The Morgan fingerprint density at radius 3 is 2.60 bits per heavy atom. The number of cyclic esters (lactones) is 1. The van der Waals surface area contributed by atoms with Crippen LogP contribution in [-0.4, -0.2) is 63.2 Å². The molecule has 4 fully saturated rings. The smallest absolute Gasteiger partial charge is 0.336 e. The summed E-state index contributed by atoms with van der Waals surface area (Å²) in [5.74, 6) is -0.331. The van der Waals surface area contributed by atoms with E-state index < -0.39 is 28.7 Å². The summed E-state index contributed by atoms with van der Waals surface area (Å²) in [4.78, 5) is 25.8. The Labute approximate surface area is 206 Å². The van der Waals surface area contributed by atoms with E-state index in [0.29, 0.717) is 24.8 Å². The van der Waals surface area contributed by atoms with E-state index in [2.05, 4.69) is 13.8 Å². The number of esters is 1. The fraction of sp³-hybridized carbons (Fsp3) is 0.786. The third-order valence-corrected chi connectivity index (χ3v) is 11.8. The Kier molecular flexibility index (Phi) is 4.95. The third kappa shape index (κ3) is 2.66. The fourth-order valence-corrected chi connectivity index (χ4v) is 9.63. The van der Waals surface area contributed by atoms with Crippen LogP contribution < -0.4 is 0 Å². The van der Waals surface area contributed by atoms with Gasteiger partial charge in [0.15, 0.2) is 5.78 Å². The van der Waals surface area contributed by atoms with Crippen molar-refractivity contribution in [3.63, 3.8) is 0 Å². The van der Waals surface area contributed by atoms with E-state index in [-0.39, 0.29) is 53.7 Å². The molecule has 0 aromatic heterocycles. The van der Waals surface area contributed by atoms with Crippen LogP contribution in [0.5, 0.6) is 0 Å². The van der Waals surface area contributed by atoms with Gasteiger partial charge in [-0.05, 0) is 87.2 Å². The SMILES string of the molecule is CC1=C(CO)C(=O)OC(C(C)C2CCC3(O)C4CC5OC56C(O)C=CC(=O)C6(C)C4CCC23C)C1. The van der Waals surface area contributed by atoms with Crippen LogP contribution in [-0.2, 0) is 19.1 Å². The number of hydrogen-bond donors (Lipinski definition) is 3. The van der Waals surface area contributed by atoms with Gasteiger partial charge in [0.1, 0.15) is 17.8 Å². The number of allylic oxidation sites excluding steroid dienone is 1. The van der Waals surface area contributed by atoms with Gasteiger partial charge in [-0.1, -0.05) is 19.4 Å². The molecule has 4 aliphatic carbocycles. The van der Waals surface area contributed by atoms with Crippen LogP contribution in [0, 0.1) is 34.5 Å². The molecule has 0 bridgehead atoms. The Morgan fingerprint density at radius 1 is 1.17 bits per heavy atom. The molecule has 2 aliphatic heterocycles. The van der Waals surface area contributed by atoms with Crippen molar-refractivity contribution in [1.82, 2.24) is 0 Å². The summed E-state index contributed by atoms with van der Waals surface area (Å²) in [6.07, 6.45) is 6.13. The van der Waals surface area contributed by atoms with Gasteiger partial charge in [0.25, 0.3) is 0 Å². The molecule has 7 heteroatoms. The first kappa shape index (κ1) is 23.8. The van der Waals surface area contributed by atoms with Gasteiger partial charge in [-0.3, -0.25) is 4.79 Å². The van der Waals surface area contributed by atoms with Crippen LogP contribution in [0.25, 0.3) is 0 Å². The van der Waals surface area contributed by atoms with Crippen LogP contribution in [0.4, 0.5) is 0 Å². The number of rotatable bonds is 3. The first-order valence-corrected chi connectivity index (χ1v) is 13.3. The molecule has 7 nitrogen and oxygen atoms in total. The number of carbonyl (C=O) groups is 2. The zero-order valence-corrected chi connectivity index (χ0v) is 21.1. The lowest BCUT2D eigenvalue weighted by atomic mass is 9.43. The second kappa shape index (κ2) is 7.27. The highest BCUT2D eigenvalue weighted by atomic mass is 16.6. The predicted octanol–water partition coefficient (Wildman–Crippen LogP) is 2.47. The lowest BCUT2D eigenvalue weighted by molar-refractivity contribution is -0.204. The lowest BCUT2D eigenvalue weighted by Gasteiger charge is -2.61. The van der Waals surface area contributed by atoms with Crippen molar-refractivity contribution in [3.05, 3.63) is 23.3 Å². The predicted molar refractivity (Wildman–Crippen MR) is 126 cm³/mol. The molecule has 1 saturated heterocycles. The average molecular weight is 487 g/mol. The Bertz CT molecular complexity index is 1050. The molecule has 0 aromatic rings. The lowest BCUT2D eigenvalue weighted by Crippen LogP contribution is -2.68. The third-order valence-electron chi connectivity index (χ3n) is 11.8. The number of hydrogen-bond acceptors (Lipinski definition) is 7. The summed E-state index contributed by atoms with van der Waals surface area (Å²) in [5.41, 5.74) is -1.75. The quantitative estimate of drug-likeness (QED) is 0.414. The van der Waals surface area contributed by atoms with E-state index in [1.807, 2.05) is 13.8 Å². The van der Waals surface area contributed by atoms with Crippen LogP contribution in [0.2, 0.25) is 0 Å². The number of carbonyl (C=O) groups excluding carboxylic acids is 2. The molecule has 3 saturated carbocycles. The first-order chi connectivity index (χ1) is 16.5. The molecular weight excluding hydrogens is 448 g/mol. The van der Waals surface area contributed by atoms with Crippen molar-refractivity contribution in [1.29, 1.82) is 0 Å². The second-order valence-corrected chi connectivity index (χ2v) is 12.7. The number of aliphatic hydroxyl groups is 3. The maximum absolute atomic E-state index is 13.3. The van der Waals surface area contributed by atoms with E-state index >= 15 is 0 Å². The van der Waals surface area contributed by atoms with Gasteiger partial charge >= 0.3 is 5.97 Å². The van der Waals surface area contributed by atoms with Gasteiger partial charge in [0, 0.05) is 6.42 Å². The normalized spacial score (nSPS) is 53.3. The van der Waals surface area contributed by atoms with Crippen LogP contribution in [0.3, 0.4) is 0 Å².